The average Bonchev–Trinajstić information content (AvgIpc) is 3.25. The van der Waals surface area contributed by atoms with Crippen LogP contribution in [-0.4, -0.2) is 31.8 Å². The second-order valence-electron chi connectivity index (χ2n) is 6.16. The summed E-state index contributed by atoms with van der Waals surface area (Å²) in [4.78, 5) is 13.4. The van der Waals surface area contributed by atoms with Crippen molar-refractivity contribution in [1.82, 2.24) is 10.6 Å². The van der Waals surface area contributed by atoms with Crippen LogP contribution in [0.25, 0.3) is 0 Å². The molecule has 2 N–H and O–H groups in total. The monoisotopic (exact) mass is 308 g/mol. The van der Waals surface area contributed by atoms with Gasteiger partial charge in [0.25, 0.3) is 0 Å². The number of carbonyl (C=O) groups excluding carboxylic acids is 1. The van der Waals surface area contributed by atoms with Crippen LogP contribution >= 0.6 is 11.3 Å². The van der Waals surface area contributed by atoms with E-state index in [4.69, 9.17) is 4.74 Å². The Morgan fingerprint density at radius 1 is 1.33 bits per heavy atom. The second-order valence-corrected chi connectivity index (χ2v) is 7.11. The standard InChI is InChI=1S/C16H24N2O2S/c19-15(17-11-13-5-3-9-20-13)18-12-16(7-1-2-8-16)14-6-4-10-21-14/h4,6,10,13H,1-3,5,7-9,11-12H2,(H2,17,18,19)/t13-/m0/s1. The lowest BCUT2D eigenvalue weighted by molar-refractivity contribution is 0.111. The molecular weight excluding hydrogens is 284 g/mol. The number of amides is 2. The number of nitrogens with one attached hydrogen (secondary N) is 2. The van der Waals surface area contributed by atoms with Crippen LogP contribution < -0.4 is 10.6 Å². The zero-order chi connectivity index (χ0) is 14.5. The zero-order valence-corrected chi connectivity index (χ0v) is 13.2. The van der Waals surface area contributed by atoms with Crippen LogP contribution in [0, 0.1) is 0 Å². The molecule has 3 rings (SSSR count). The lowest BCUT2D eigenvalue weighted by atomic mass is 9.84. The van der Waals surface area contributed by atoms with Gasteiger partial charge in [-0.2, -0.15) is 0 Å². The molecule has 0 spiro atoms. The molecule has 0 radical (unpaired) electrons. The van der Waals surface area contributed by atoms with Gasteiger partial charge >= 0.3 is 6.03 Å². The van der Waals surface area contributed by atoms with Gasteiger partial charge in [0.05, 0.1) is 6.10 Å². The first kappa shape index (κ1) is 14.9. The summed E-state index contributed by atoms with van der Waals surface area (Å²) in [5.41, 5.74) is 0.162. The van der Waals surface area contributed by atoms with E-state index >= 15 is 0 Å². The number of carbonyl (C=O) groups is 1. The van der Waals surface area contributed by atoms with E-state index in [0.717, 1.165) is 26.0 Å². The maximum Gasteiger partial charge on any atom is 0.314 e. The summed E-state index contributed by atoms with van der Waals surface area (Å²) in [6.45, 7) is 2.19. The highest BCUT2D eigenvalue weighted by Gasteiger charge is 2.36. The molecule has 1 saturated carbocycles. The summed E-state index contributed by atoms with van der Waals surface area (Å²) in [5.74, 6) is 0. The molecule has 1 aromatic rings. The molecule has 2 fully saturated rings. The molecule has 2 heterocycles. The van der Waals surface area contributed by atoms with Gasteiger partial charge in [-0.05, 0) is 37.1 Å². The van der Waals surface area contributed by atoms with Crippen molar-refractivity contribution >= 4 is 17.4 Å². The number of rotatable bonds is 5. The molecule has 0 aromatic carbocycles. The Morgan fingerprint density at radius 3 is 2.86 bits per heavy atom. The molecule has 2 amide bonds. The molecule has 0 bridgehead atoms. The van der Waals surface area contributed by atoms with Crippen molar-refractivity contribution < 1.29 is 9.53 Å². The SMILES string of the molecule is O=C(NC[C@@H]1CCCO1)NCC1(c2cccs2)CCCC1. The van der Waals surface area contributed by atoms with Gasteiger partial charge in [-0.3, -0.25) is 0 Å². The van der Waals surface area contributed by atoms with E-state index in [1.807, 2.05) is 11.3 Å². The molecule has 1 aromatic heterocycles. The van der Waals surface area contributed by atoms with Crippen LogP contribution in [0.5, 0.6) is 0 Å². The van der Waals surface area contributed by atoms with E-state index in [1.54, 1.807) is 0 Å². The molecule has 4 nitrogen and oxygen atoms in total. The van der Waals surface area contributed by atoms with Crippen LogP contribution in [0.15, 0.2) is 17.5 Å². The van der Waals surface area contributed by atoms with Gasteiger partial charge in [-0.15, -0.1) is 11.3 Å². The lowest BCUT2D eigenvalue weighted by Crippen LogP contribution is -2.45. The summed E-state index contributed by atoms with van der Waals surface area (Å²) in [6.07, 6.45) is 7.25. The van der Waals surface area contributed by atoms with E-state index in [0.29, 0.717) is 6.54 Å². The number of urea groups is 1. The minimum atomic E-state index is -0.0617. The Kier molecular flexibility index (Phi) is 4.80. The molecule has 0 unspecified atom stereocenters. The van der Waals surface area contributed by atoms with Crippen molar-refractivity contribution in [2.24, 2.45) is 0 Å². The molecule has 2 aliphatic rings. The van der Waals surface area contributed by atoms with E-state index < -0.39 is 0 Å². The number of thiophene rings is 1. The van der Waals surface area contributed by atoms with Gasteiger partial charge in [0.15, 0.2) is 0 Å². The van der Waals surface area contributed by atoms with Crippen molar-refractivity contribution in [3.63, 3.8) is 0 Å². The Balaban J connectivity index is 1.49. The highest BCUT2D eigenvalue weighted by atomic mass is 32.1. The van der Waals surface area contributed by atoms with E-state index in [2.05, 4.69) is 28.1 Å². The third-order valence-corrected chi connectivity index (χ3v) is 5.82. The van der Waals surface area contributed by atoms with Gasteiger partial charge in [-0.1, -0.05) is 18.9 Å². The molecule has 1 aliphatic heterocycles. The Morgan fingerprint density at radius 2 is 2.19 bits per heavy atom. The van der Waals surface area contributed by atoms with Gasteiger partial charge < -0.3 is 15.4 Å². The predicted molar refractivity (Wildman–Crippen MR) is 84.8 cm³/mol. The summed E-state index contributed by atoms with van der Waals surface area (Å²) in [6, 6.07) is 4.26. The molecular formula is C16H24N2O2S. The first-order valence-corrected chi connectivity index (χ1v) is 8.84. The maximum absolute atomic E-state index is 12.0. The summed E-state index contributed by atoms with van der Waals surface area (Å²) in [7, 11) is 0. The van der Waals surface area contributed by atoms with Crippen molar-refractivity contribution in [1.29, 1.82) is 0 Å². The van der Waals surface area contributed by atoms with Gasteiger partial charge in [0.2, 0.25) is 0 Å². The zero-order valence-electron chi connectivity index (χ0n) is 12.4. The van der Waals surface area contributed by atoms with Gasteiger partial charge in [0, 0.05) is 30.0 Å². The highest BCUT2D eigenvalue weighted by Crippen LogP contribution is 2.42. The molecule has 21 heavy (non-hydrogen) atoms. The Hall–Kier alpha value is -1.07. The minimum Gasteiger partial charge on any atom is -0.376 e. The molecule has 5 heteroatoms. The third-order valence-electron chi connectivity index (χ3n) is 4.71. The van der Waals surface area contributed by atoms with E-state index in [-0.39, 0.29) is 17.6 Å². The number of ether oxygens (including phenoxy) is 1. The smallest absolute Gasteiger partial charge is 0.314 e. The molecule has 116 valence electrons. The quantitative estimate of drug-likeness (QED) is 0.878. The predicted octanol–water partition coefficient (Wildman–Crippen LogP) is 3.04. The normalized spacial score (nSPS) is 24.1. The lowest BCUT2D eigenvalue weighted by Gasteiger charge is -2.28. The first-order valence-electron chi connectivity index (χ1n) is 7.96. The summed E-state index contributed by atoms with van der Waals surface area (Å²) in [5, 5.41) is 8.15. The van der Waals surface area contributed by atoms with E-state index in [1.165, 1.54) is 30.6 Å². The largest absolute Gasteiger partial charge is 0.376 e. The van der Waals surface area contributed by atoms with Crippen LogP contribution in [0.3, 0.4) is 0 Å². The highest BCUT2D eigenvalue weighted by molar-refractivity contribution is 7.10. The Labute approximate surface area is 130 Å². The van der Waals surface area contributed by atoms with Gasteiger partial charge in [0.1, 0.15) is 0 Å². The van der Waals surface area contributed by atoms with Crippen LogP contribution in [-0.2, 0) is 10.2 Å². The number of hydrogen-bond donors (Lipinski definition) is 2. The molecule has 1 aliphatic carbocycles. The van der Waals surface area contributed by atoms with Gasteiger partial charge in [-0.25, -0.2) is 4.79 Å². The average molecular weight is 308 g/mol. The summed E-state index contributed by atoms with van der Waals surface area (Å²) >= 11 is 1.81. The van der Waals surface area contributed by atoms with Crippen molar-refractivity contribution in [3.05, 3.63) is 22.4 Å². The maximum atomic E-state index is 12.0. The fourth-order valence-electron chi connectivity index (χ4n) is 3.47. The minimum absolute atomic E-state index is 0.0617. The number of hydrogen-bond acceptors (Lipinski definition) is 3. The fourth-order valence-corrected chi connectivity index (χ4v) is 4.45. The fraction of sp³-hybridized carbons (Fsp3) is 0.688. The molecule has 1 saturated heterocycles. The van der Waals surface area contributed by atoms with Crippen LogP contribution in [0.1, 0.15) is 43.4 Å². The first-order chi connectivity index (χ1) is 10.3. The summed E-state index contributed by atoms with van der Waals surface area (Å²) < 4.78 is 5.52. The van der Waals surface area contributed by atoms with Crippen LogP contribution in [0.2, 0.25) is 0 Å². The van der Waals surface area contributed by atoms with Crippen molar-refractivity contribution in [2.75, 3.05) is 19.7 Å². The van der Waals surface area contributed by atoms with Crippen LogP contribution in [0.4, 0.5) is 4.79 Å². The third kappa shape index (κ3) is 3.58. The topological polar surface area (TPSA) is 50.4 Å². The molecule has 1 atom stereocenters. The van der Waals surface area contributed by atoms with Crippen molar-refractivity contribution in [3.8, 4) is 0 Å². The van der Waals surface area contributed by atoms with E-state index in [9.17, 15) is 4.79 Å². The Bertz CT molecular complexity index is 449. The second kappa shape index (κ2) is 6.79. The van der Waals surface area contributed by atoms with Crippen molar-refractivity contribution in [2.45, 2.75) is 50.0 Å².